The first-order chi connectivity index (χ1) is 19.7. The number of benzene rings is 1. The standard InChI is InChI=1S/C29H29N5O4S2/c1-18-16-40-28-24(18)26(30-17-31-28)34(22-4-2-3-5-23(22)37-14-19-6-9-35-12-19)25-21-8-11-39-27(21)33-29(32-25)38-15-20-7-10-36-13-20/h2-5,8,11,16-17,19-20H,6-7,9-10,12-15H2,1H3. The molecule has 0 radical (unpaired) electrons. The molecule has 6 heterocycles. The maximum atomic E-state index is 6.46. The molecule has 0 bridgehead atoms. The summed E-state index contributed by atoms with van der Waals surface area (Å²) < 4.78 is 23.8. The van der Waals surface area contributed by atoms with Crippen LogP contribution in [0.15, 0.2) is 47.4 Å². The second kappa shape index (κ2) is 11.2. The number of para-hydroxylation sites is 2. The van der Waals surface area contributed by atoms with Gasteiger partial charge in [0.25, 0.3) is 0 Å². The minimum Gasteiger partial charge on any atom is -0.491 e. The van der Waals surface area contributed by atoms with Crippen molar-refractivity contribution in [2.24, 2.45) is 11.8 Å². The van der Waals surface area contributed by atoms with Crippen molar-refractivity contribution in [1.29, 1.82) is 0 Å². The Bertz CT molecular complexity index is 1630. The van der Waals surface area contributed by atoms with Gasteiger partial charge < -0.3 is 18.9 Å². The highest BCUT2D eigenvalue weighted by molar-refractivity contribution is 7.17. The van der Waals surface area contributed by atoms with E-state index < -0.39 is 0 Å². The highest BCUT2D eigenvalue weighted by atomic mass is 32.1. The SMILES string of the molecule is Cc1csc2ncnc(N(c3ccccc3OCC3CCOC3)c3nc(OCC4CCOC4)nc4sccc34)c12. The predicted octanol–water partition coefficient (Wildman–Crippen LogP) is 6.30. The lowest BCUT2D eigenvalue weighted by Gasteiger charge is -2.27. The molecular formula is C29H29N5O4S2. The van der Waals surface area contributed by atoms with Crippen LogP contribution in [0, 0.1) is 18.8 Å². The summed E-state index contributed by atoms with van der Waals surface area (Å²) in [6.45, 7) is 6.16. The molecule has 2 saturated heterocycles. The third kappa shape index (κ3) is 4.98. The van der Waals surface area contributed by atoms with Crippen molar-refractivity contribution in [3.63, 3.8) is 0 Å². The van der Waals surface area contributed by atoms with Crippen LogP contribution in [0.5, 0.6) is 11.8 Å². The van der Waals surface area contributed by atoms with E-state index in [9.17, 15) is 0 Å². The van der Waals surface area contributed by atoms with Crippen LogP contribution < -0.4 is 14.4 Å². The normalized spacial score (nSPS) is 19.0. The second-order valence-corrected chi connectivity index (χ2v) is 11.9. The van der Waals surface area contributed by atoms with Crippen molar-refractivity contribution in [3.8, 4) is 11.8 Å². The van der Waals surface area contributed by atoms with E-state index in [1.54, 1.807) is 29.0 Å². The summed E-state index contributed by atoms with van der Waals surface area (Å²) >= 11 is 3.17. The first-order valence-corrected chi connectivity index (χ1v) is 15.2. The van der Waals surface area contributed by atoms with E-state index in [1.165, 1.54) is 0 Å². The molecule has 0 aliphatic carbocycles. The number of aromatic nitrogens is 4. The lowest BCUT2D eigenvalue weighted by molar-refractivity contribution is 0.164. The number of ether oxygens (including phenoxy) is 4. The number of anilines is 3. The minimum atomic E-state index is 0.339. The fourth-order valence-corrected chi connectivity index (χ4v) is 6.78. The van der Waals surface area contributed by atoms with E-state index in [4.69, 9.17) is 33.9 Å². The summed E-state index contributed by atoms with van der Waals surface area (Å²) in [5, 5.41) is 6.05. The number of hydrogen-bond donors (Lipinski definition) is 0. The molecule has 0 spiro atoms. The molecule has 0 saturated carbocycles. The van der Waals surface area contributed by atoms with Crippen LogP contribution in [-0.2, 0) is 9.47 Å². The van der Waals surface area contributed by atoms with Gasteiger partial charge in [-0.15, -0.1) is 22.7 Å². The number of thiophene rings is 2. The Morgan fingerprint density at radius 2 is 1.70 bits per heavy atom. The van der Waals surface area contributed by atoms with Gasteiger partial charge in [-0.1, -0.05) is 12.1 Å². The number of nitrogens with zero attached hydrogens (tertiary/aromatic N) is 5. The third-order valence-corrected chi connectivity index (χ3v) is 9.13. The van der Waals surface area contributed by atoms with Crippen molar-refractivity contribution in [1.82, 2.24) is 19.9 Å². The van der Waals surface area contributed by atoms with Gasteiger partial charge in [-0.25, -0.2) is 9.97 Å². The largest absolute Gasteiger partial charge is 0.491 e. The first-order valence-electron chi connectivity index (χ1n) is 13.5. The Balaban J connectivity index is 1.37. The van der Waals surface area contributed by atoms with Crippen LogP contribution in [0.2, 0.25) is 0 Å². The molecule has 0 N–H and O–H groups in total. The zero-order valence-electron chi connectivity index (χ0n) is 22.1. The first kappa shape index (κ1) is 25.6. The molecular weight excluding hydrogens is 546 g/mol. The molecule has 11 heteroatoms. The smallest absolute Gasteiger partial charge is 0.319 e. The monoisotopic (exact) mass is 575 g/mol. The summed E-state index contributed by atoms with van der Waals surface area (Å²) in [7, 11) is 0. The van der Waals surface area contributed by atoms with Gasteiger partial charge in [0.2, 0.25) is 0 Å². The Hall–Kier alpha value is -3.38. The fourth-order valence-electron chi connectivity index (χ4n) is 5.15. The van der Waals surface area contributed by atoms with Gasteiger partial charge in [-0.05, 0) is 54.3 Å². The lowest BCUT2D eigenvalue weighted by Crippen LogP contribution is -2.18. The van der Waals surface area contributed by atoms with Crippen molar-refractivity contribution >= 4 is 60.4 Å². The fraction of sp³-hybridized carbons (Fsp3) is 0.379. The van der Waals surface area contributed by atoms with Crippen LogP contribution in [0.4, 0.5) is 17.3 Å². The number of hydrogen-bond acceptors (Lipinski definition) is 11. The maximum absolute atomic E-state index is 6.46. The van der Waals surface area contributed by atoms with Gasteiger partial charge in [0, 0.05) is 25.0 Å². The van der Waals surface area contributed by atoms with Crippen LogP contribution in [-0.4, -0.2) is 59.6 Å². The molecule has 40 heavy (non-hydrogen) atoms. The minimum absolute atomic E-state index is 0.339. The predicted molar refractivity (Wildman–Crippen MR) is 157 cm³/mol. The molecule has 4 aromatic heterocycles. The third-order valence-electron chi connectivity index (χ3n) is 7.32. The summed E-state index contributed by atoms with van der Waals surface area (Å²) in [6.07, 6.45) is 3.59. The van der Waals surface area contributed by atoms with Crippen LogP contribution in [0.1, 0.15) is 18.4 Å². The zero-order valence-corrected chi connectivity index (χ0v) is 23.7. The average molecular weight is 576 g/mol. The number of aryl methyl sites for hydroxylation is 1. The van der Waals surface area contributed by atoms with Crippen molar-refractivity contribution in [2.45, 2.75) is 19.8 Å². The van der Waals surface area contributed by atoms with E-state index in [0.717, 1.165) is 75.9 Å². The van der Waals surface area contributed by atoms with Crippen LogP contribution in [0.25, 0.3) is 20.4 Å². The van der Waals surface area contributed by atoms with Crippen molar-refractivity contribution < 1.29 is 18.9 Å². The topological polar surface area (TPSA) is 91.7 Å². The molecule has 1 aromatic carbocycles. The van der Waals surface area contributed by atoms with Crippen LogP contribution in [0.3, 0.4) is 0 Å². The summed E-state index contributed by atoms with van der Waals surface area (Å²) in [5.74, 6) is 2.89. The van der Waals surface area contributed by atoms with Gasteiger partial charge >= 0.3 is 6.01 Å². The molecule has 2 aliphatic heterocycles. The molecule has 206 valence electrons. The molecule has 2 unspecified atom stereocenters. The summed E-state index contributed by atoms with van der Waals surface area (Å²) in [4.78, 5) is 23.0. The number of fused-ring (bicyclic) bond motifs is 2. The molecule has 5 aromatic rings. The molecule has 9 nitrogen and oxygen atoms in total. The lowest BCUT2D eigenvalue weighted by atomic mass is 10.1. The second-order valence-electron chi connectivity index (χ2n) is 10.1. The van der Waals surface area contributed by atoms with Crippen molar-refractivity contribution in [2.75, 3.05) is 44.5 Å². The molecule has 2 aliphatic rings. The van der Waals surface area contributed by atoms with E-state index in [0.29, 0.717) is 43.5 Å². The highest BCUT2D eigenvalue weighted by Crippen LogP contribution is 2.45. The Morgan fingerprint density at radius 1 is 0.900 bits per heavy atom. The average Bonchev–Trinajstić information content (AvgIpc) is 3.80. The number of rotatable bonds is 9. The molecule has 2 atom stereocenters. The Morgan fingerprint density at radius 3 is 2.50 bits per heavy atom. The maximum Gasteiger partial charge on any atom is 0.319 e. The Labute approximate surface area is 239 Å². The van der Waals surface area contributed by atoms with Gasteiger partial charge in [0.15, 0.2) is 11.6 Å². The molecule has 2 fully saturated rings. The summed E-state index contributed by atoms with van der Waals surface area (Å²) in [5.41, 5.74) is 1.95. The van der Waals surface area contributed by atoms with E-state index in [-0.39, 0.29) is 0 Å². The molecule has 0 amide bonds. The van der Waals surface area contributed by atoms with Gasteiger partial charge in [0.1, 0.15) is 21.7 Å². The van der Waals surface area contributed by atoms with Crippen molar-refractivity contribution in [3.05, 3.63) is 53.0 Å². The summed E-state index contributed by atoms with van der Waals surface area (Å²) in [6, 6.07) is 10.4. The molecule has 7 rings (SSSR count). The van der Waals surface area contributed by atoms with E-state index >= 15 is 0 Å². The van der Waals surface area contributed by atoms with E-state index in [1.807, 2.05) is 29.6 Å². The van der Waals surface area contributed by atoms with Crippen LogP contribution >= 0.6 is 22.7 Å². The highest BCUT2D eigenvalue weighted by Gasteiger charge is 2.27. The van der Waals surface area contributed by atoms with E-state index in [2.05, 4.69) is 28.3 Å². The Kier molecular flexibility index (Phi) is 7.19. The quantitative estimate of drug-likeness (QED) is 0.201. The van der Waals surface area contributed by atoms with Gasteiger partial charge in [-0.3, -0.25) is 4.90 Å². The zero-order chi connectivity index (χ0) is 26.9. The van der Waals surface area contributed by atoms with Gasteiger partial charge in [0.05, 0.1) is 42.9 Å². The van der Waals surface area contributed by atoms with Gasteiger partial charge in [-0.2, -0.15) is 9.97 Å².